The molecule has 0 atom stereocenters. The van der Waals surface area contributed by atoms with Crippen LogP contribution in [-0.2, 0) is 21.1 Å². The molecule has 3 aromatic carbocycles. The van der Waals surface area contributed by atoms with Gasteiger partial charge >= 0.3 is 29.6 Å². The summed E-state index contributed by atoms with van der Waals surface area (Å²) in [5, 5.41) is 38.4. The second-order valence-electron chi connectivity index (χ2n) is 14.0. The molecule has 0 fully saturated rings. The molecule has 0 aliphatic heterocycles. The molecule has 4 aromatic heterocycles. The average Bonchev–Trinajstić information content (AvgIpc) is 3.38. The number of hydrogen-bond acceptors (Lipinski definition) is 11. The Balaban J connectivity index is 0.000000858. The number of nitrogens with one attached hydrogen (secondary N) is 1. The monoisotopic (exact) mass is 1100 g/mol. The Morgan fingerprint density at radius 2 is 0.901 bits per heavy atom. The molecule has 20 heteroatoms. The van der Waals surface area contributed by atoms with Crippen molar-refractivity contribution in [3.05, 3.63) is 215 Å². The number of H-pyrrole nitrogens is 1. The maximum absolute atomic E-state index is 11.7. The van der Waals surface area contributed by atoms with E-state index in [1.54, 1.807) is 61.9 Å². The summed E-state index contributed by atoms with van der Waals surface area (Å²) in [6.07, 6.45) is 0. The summed E-state index contributed by atoms with van der Waals surface area (Å²) in [7, 11) is 3.43. The van der Waals surface area contributed by atoms with E-state index in [4.69, 9.17) is 15.8 Å². The zero-order chi connectivity index (χ0) is 54.7. The highest BCUT2D eigenvalue weighted by molar-refractivity contribution is 9.10. The number of nitrogens with two attached hydrogens (primary N) is 1. The van der Waals surface area contributed by atoms with Gasteiger partial charge in [0.25, 0.3) is 5.56 Å². The van der Waals surface area contributed by atoms with Crippen molar-refractivity contribution in [2.75, 3.05) is 5.73 Å². The van der Waals surface area contributed by atoms with Crippen LogP contribution in [0.4, 0.5) is 17.1 Å². The molecule has 380 valence electrons. The first kappa shape index (κ1) is 64.0. The zero-order valence-corrected chi connectivity index (χ0v) is 45.5. The number of rotatable bonds is 5. The van der Waals surface area contributed by atoms with Gasteiger partial charge in [0.15, 0.2) is 0 Å². The molecule has 5 N–H and O–H groups in total. The van der Waals surface area contributed by atoms with E-state index in [0.717, 1.165) is 32.6 Å². The predicted octanol–water partition coefficient (Wildman–Crippen LogP) is 9.47. The van der Waals surface area contributed by atoms with Crippen molar-refractivity contribution in [2.24, 2.45) is 21.1 Å². The number of aryl methyl sites for hydroxylation is 1. The summed E-state index contributed by atoms with van der Waals surface area (Å²) in [4.78, 5) is 67.8. The summed E-state index contributed by atoms with van der Waals surface area (Å²) in [6, 6.07) is 35.4. The van der Waals surface area contributed by atoms with E-state index in [2.05, 4.69) is 36.8 Å². The molecule has 0 saturated carbocycles. The van der Waals surface area contributed by atoms with Crippen molar-refractivity contribution in [2.45, 2.75) is 69.2 Å². The molecule has 0 amide bonds. The van der Waals surface area contributed by atoms with E-state index in [9.17, 15) is 39.4 Å². The Morgan fingerprint density at radius 3 is 1.27 bits per heavy atom. The van der Waals surface area contributed by atoms with E-state index in [-0.39, 0.29) is 16.8 Å². The van der Waals surface area contributed by atoms with Crippen LogP contribution in [0.25, 0.3) is 22.3 Å². The lowest BCUT2D eigenvalue weighted by molar-refractivity contribution is -0.386. The Hall–Kier alpha value is -7.00. The fraction of sp³-hybridized carbons (Fsp3) is 0.255. The minimum absolute atomic E-state index is 0.0595. The van der Waals surface area contributed by atoms with Gasteiger partial charge in [-0.05, 0) is 88.3 Å². The molecule has 0 saturated heterocycles. The van der Waals surface area contributed by atoms with Gasteiger partial charge in [0.2, 0.25) is 5.56 Å². The van der Waals surface area contributed by atoms with Gasteiger partial charge in [0, 0.05) is 82.2 Å². The van der Waals surface area contributed by atoms with E-state index in [1.165, 1.54) is 41.4 Å². The van der Waals surface area contributed by atoms with Crippen LogP contribution in [0.15, 0.2) is 149 Å². The van der Waals surface area contributed by atoms with Gasteiger partial charge in [-0.2, -0.15) is 0 Å². The largest absolute Gasteiger partial charge is 0.488 e. The Morgan fingerprint density at radius 1 is 0.535 bits per heavy atom. The normalized spacial score (nSPS) is 9.42. The van der Waals surface area contributed by atoms with Gasteiger partial charge in [-0.1, -0.05) is 133 Å². The number of halogens is 2. The van der Waals surface area contributed by atoms with Crippen molar-refractivity contribution in [3.63, 3.8) is 0 Å². The third-order valence-electron chi connectivity index (χ3n) is 9.79. The van der Waals surface area contributed by atoms with E-state index < -0.39 is 39.5 Å². The molecule has 0 aliphatic carbocycles. The third-order valence-corrected chi connectivity index (χ3v) is 11.5. The van der Waals surface area contributed by atoms with Crippen molar-refractivity contribution < 1.29 is 19.9 Å². The van der Waals surface area contributed by atoms with E-state index >= 15 is 0 Å². The Kier molecular flexibility index (Phi) is 29.5. The molecular formula is C51H64BBr2N7O10. The van der Waals surface area contributed by atoms with E-state index in [0.29, 0.717) is 26.9 Å². The number of nitro groups is 2. The summed E-state index contributed by atoms with van der Waals surface area (Å²) in [5.41, 5.74) is 11.1. The highest BCUT2D eigenvalue weighted by Crippen LogP contribution is 2.25. The molecule has 4 heterocycles. The van der Waals surface area contributed by atoms with Crippen LogP contribution in [0.3, 0.4) is 0 Å². The number of hydrogen-bond donors (Lipinski definition) is 4. The fourth-order valence-corrected chi connectivity index (χ4v) is 6.41. The summed E-state index contributed by atoms with van der Waals surface area (Å²) in [6.45, 7) is 19.2. The topological polar surface area (TPSA) is 252 Å². The van der Waals surface area contributed by atoms with Crippen molar-refractivity contribution >= 4 is 61.5 Å². The van der Waals surface area contributed by atoms with Gasteiger partial charge < -0.3 is 34.5 Å². The van der Waals surface area contributed by atoms with Crippen LogP contribution in [0.1, 0.15) is 64.3 Å². The summed E-state index contributed by atoms with van der Waals surface area (Å²) < 4.78 is 5.61. The van der Waals surface area contributed by atoms with Crippen LogP contribution < -0.4 is 33.4 Å². The molecule has 0 spiro atoms. The van der Waals surface area contributed by atoms with Crippen molar-refractivity contribution in [1.82, 2.24) is 18.7 Å². The van der Waals surface area contributed by atoms with Crippen LogP contribution in [0.5, 0.6) is 0 Å². The van der Waals surface area contributed by atoms with Crippen LogP contribution >= 0.6 is 31.9 Å². The van der Waals surface area contributed by atoms with Crippen molar-refractivity contribution in [3.8, 4) is 22.3 Å². The van der Waals surface area contributed by atoms with Crippen molar-refractivity contribution in [1.29, 1.82) is 0 Å². The van der Waals surface area contributed by atoms with Gasteiger partial charge in [0.05, 0.1) is 15.5 Å². The zero-order valence-electron chi connectivity index (χ0n) is 42.4. The standard InChI is InChI=1S/C13H12N2O3.C13H14N2O.C7H7BrN2O3.C6H7BO2.C6H6BrNO.3C2H6/c1-9-11(10-6-4-3-5-7-10)8-12(15(17)18)13(16)14(9)2;1-9-11(10-6-4-3-5-7-10)8-12(14)13(16)15(9)2;1-4-5(8)3-6(10(12)13)7(11)9(4)2;8-7(9)6-4-2-1-3-5-6;1-4-5(7)2-3-6(9)8-4;3*1-2/h3-8H,1-2H3;3-8H,14H2,1-2H3;3H,1-2H3;1-5,8-9H;2-3H,1H3,(H,8,9);3*1-2H3. The first-order valence-corrected chi connectivity index (χ1v) is 23.9. The second kappa shape index (κ2) is 32.7. The lowest BCUT2D eigenvalue weighted by atomic mass is 9.81. The minimum atomic E-state index is -1.34. The molecule has 0 radical (unpaired) electrons. The number of aromatic nitrogens is 4. The van der Waals surface area contributed by atoms with Gasteiger partial charge in [-0.15, -0.1) is 0 Å². The fourth-order valence-electron chi connectivity index (χ4n) is 5.69. The number of nitrogen functional groups attached to an aromatic ring is 1. The van der Waals surface area contributed by atoms with Gasteiger partial charge in [-0.25, -0.2) is 0 Å². The molecule has 7 aromatic rings. The lowest BCUT2D eigenvalue weighted by Crippen LogP contribution is -2.29. The molecule has 7 rings (SSSR count). The summed E-state index contributed by atoms with van der Waals surface area (Å²) >= 11 is 6.39. The molecule has 17 nitrogen and oxygen atoms in total. The SMILES string of the molecule is CC.CC.CC.Cc1[nH]c(=O)ccc1Br.Cc1c(-c2ccccc2)cc(N)c(=O)n1C.Cc1c(-c2ccccc2)cc([N+](=O)[O-])c(=O)n1C.Cc1c(Br)cc([N+](=O)[O-])c(=O)n1C.OB(O)c1ccccc1. The first-order chi connectivity index (χ1) is 33.6. The number of aromatic amines is 1. The molecule has 71 heavy (non-hydrogen) atoms. The maximum Gasteiger partial charge on any atom is 0.488 e. The Labute approximate surface area is 431 Å². The predicted molar refractivity (Wildman–Crippen MR) is 295 cm³/mol. The molecular weight excluding hydrogens is 1040 g/mol. The van der Waals surface area contributed by atoms with Crippen LogP contribution in [-0.4, -0.2) is 45.7 Å². The molecule has 0 bridgehead atoms. The lowest BCUT2D eigenvalue weighted by Gasteiger charge is -2.11. The maximum atomic E-state index is 11.7. The first-order valence-electron chi connectivity index (χ1n) is 22.3. The number of benzene rings is 3. The highest BCUT2D eigenvalue weighted by Gasteiger charge is 2.19. The van der Waals surface area contributed by atoms with Crippen LogP contribution in [0.2, 0.25) is 0 Å². The summed E-state index contributed by atoms with van der Waals surface area (Å²) in [5.74, 6) is 0. The van der Waals surface area contributed by atoms with Crippen LogP contribution in [0, 0.1) is 47.9 Å². The highest BCUT2D eigenvalue weighted by atomic mass is 79.9. The van der Waals surface area contributed by atoms with Gasteiger partial charge in [0.1, 0.15) is 0 Å². The number of nitrogens with zero attached hydrogens (tertiary/aromatic N) is 5. The smallest absolute Gasteiger partial charge is 0.423 e. The van der Waals surface area contributed by atoms with Gasteiger partial charge in [-0.3, -0.25) is 39.4 Å². The van der Waals surface area contributed by atoms with E-state index in [1.807, 2.05) is 122 Å². The molecule has 0 aliphatic rings. The quantitative estimate of drug-likeness (QED) is 0.0717. The third kappa shape index (κ3) is 19.4. The average molecular weight is 1110 g/mol. The molecule has 0 unspecified atom stereocenters. The second-order valence-corrected chi connectivity index (χ2v) is 15.7. The minimum Gasteiger partial charge on any atom is -0.423 e. The Bertz CT molecular complexity index is 3020. The number of anilines is 1. The number of pyridine rings is 4.